The van der Waals surface area contributed by atoms with Crippen LogP contribution >= 0.6 is 39.3 Å². The molecule has 0 spiro atoms. The van der Waals surface area contributed by atoms with Gasteiger partial charge < -0.3 is 5.32 Å². The van der Waals surface area contributed by atoms with Crippen LogP contribution in [-0.4, -0.2) is 23.3 Å². The zero-order chi connectivity index (χ0) is 15.1. The Morgan fingerprint density at radius 2 is 2.00 bits per heavy atom. The standard InChI is InChI=1S/C16H18BrClN2S/c1-2-19-15(9-14-6-3-12(17)10-20-14)11-21-16-7-4-13(18)5-8-16/h3-8,10,15,19H,2,9,11H2,1H3. The Morgan fingerprint density at radius 3 is 2.62 bits per heavy atom. The first kappa shape index (κ1) is 16.8. The maximum Gasteiger partial charge on any atom is 0.0420 e. The molecule has 1 N–H and O–H groups in total. The van der Waals surface area contributed by atoms with E-state index in [-0.39, 0.29) is 0 Å². The quantitative estimate of drug-likeness (QED) is 0.692. The Bertz CT molecular complexity index is 545. The molecule has 0 aliphatic heterocycles. The Balaban J connectivity index is 1.92. The summed E-state index contributed by atoms with van der Waals surface area (Å²) in [5, 5.41) is 4.31. The number of rotatable bonds is 7. The van der Waals surface area contributed by atoms with Crippen LogP contribution in [-0.2, 0) is 6.42 Å². The lowest BCUT2D eigenvalue weighted by Gasteiger charge is -2.17. The van der Waals surface area contributed by atoms with Crippen LogP contribution in [0.3, 0.4) is 0 Å². The average molecular weight is 386 g/mol. The van der Waals surface area contributed by atoms with Gasteiger partial charge in [0.15, 0.2) is 0 Å². The second-order valence-electron chi connectivity index (χ2n) is 4.69. The van der Waals surface area contributed by atoms with Gasteiger partial charge in [-0.15, -0.1) is 11.8 Å². The number of nitrogens with zero attached hydrogens (tertiary/aromatic N) is 1. The summed E-state index contributed by atoms with van der Waals surface area (Å²) in [5.41, 5.74) is 1.11. The van der Waals surface area contributed by atoms with E-state index in [0.717, 1.165) is 33.9 Å². The molecule has 0 bridgehead atoms. The van der Waals surface area contributed by atoms with E-state index in [1.165, 1.54) is 4.90 Å². The normalized spacial score (nSPS) is 12.3. The zero-order valence-corrected chi connectivity index (χ0v) is 15.0. The van der Waals surface area contributed by atoms with Crippen molar-refractivity contribution < 1.29 is 0 Å². The molecule has 2 nitrogen and oxygen atoms in total. The predicted molar refractivity (Wildman–Crippen MR) is 95.3 cm³/mol. The van der Waals surface area contributed by atoms with Gasteiger partial charge in [-0.2, -0.15) is 0 Å². The number of likely N-dealkylation sites (N-methyl/N-ethyl adjacent to an activating group) is 1. The van der Waals surface area contributed by atoms with Gasteiger partial charge >= 0.3 is 0 Å². The molecule has 1 aromatic heterocycles. The van der Waals surface area contributed by atoms with Crippen LogP contribution in [0.25, 0.3) is 0 Å². The lowest BCUT2D eigenvalue weighted by atomic mass is 10.1. The lowest BCUT2D eigenvalue weighted by Crippen LogP contribution is -2.33. The second kappa shape index (κ2) is 8.79. The number of pyridine rings is 1. The number of halogens is 2. The van der Waals surface area contributed by atoms with Crippen molar-refractivity contribution in [1.82, 2.24) is 10.3 Å². The first-order chi connectivity index (χ1) is 10.2. The Kier molecular flexibility index (Phi) is 7.04. The van der Waals surface area contributed by atoms with Gasteiger partial charge in [0, 0.05) is 44.5 Å². The number of hydrogen-bond acceptors (Lipinski definition) is 3. The van der Waals surface area contributed by atoms with Gasteiger partial charge in [0.05, 0.1) is 0 Å². The van der Waals surface area contributed by atoms with Gasteiger partial charge in [-0.3, -0.25) is 4.98 Å². The largest absolute Gasteiger partial charge is 0.313 e. The first-order valence-corrected chi connectivity index (χ1v) is 9.05. The molecule has 0 aliphatic carbocycles. The molecule has 1 unspecified atom stereocenters. The molecule has 0 aliphatic rings. The molecule has 1 heterocycles. The van der Waals surface area contributed by atoms with Gasteiger partial charge in [0.25, 0.3) is 0 Å². The van der Waals surface area contributed by atoms with E-state index < -0.39 is 0 Å². The SMILES string of the molecule is CCNC(CSc1ccc(Cl)cc1)Cc1ccc(Br)cn1. The van der Waals surface area contributed by atoms with Crippen LogP contribution in [0.1, 0.15) is 12.6 Å². The molecule has 21 heavy (non-hydrogen) atoms. The smallest absolute Gasteiger partial charge is 0.0420 e. The van der Waals surface area contributed by atoms with Crippen LogP contribution in [0.15, 0.2) is 52.0 Å². The Hall–Kier alpha value is -0.550. The summed E-state index contributed by atoms with van der Waals surface area (Å²) in [5.74, 6) is 1.01. The van der Waals surface area contributed by atoms with E-state index in [9.17, 15) is 0 Å². The van der Waals surface area contributed by atoms with Crippen molar-refractivity contribution in [3.8, 4) is 0 Å². The van der Waals surface area contributed by atoms with Crippen molar-refractivity contribution in [2.24, 2.45) is 0 Å². The minimum atomic E-state index is 0.407. The maximum atomic E-state index is 5.91. The van der Waals surface area contributed by atoms with E-state index >= 15 is 0 Å². The zero-order valence-electron chi connectivity index (χ0n) is 11.9. The maximum absolute atomic E-state index is 5.91. The molecule has 2 rings (SSSR count). The fourth-order valence-electron chi connectivity index (χ4n) is 1.99. The van der Waals surface area contributed by atoms with Crippen molar-refractivity contribution >= 4 is 39.3 Å². The third kappa shape index (κ3) is 5.99. The molecular formula is C16H18BrClN2S. The van der Waals surface area contributed by atoms with Crippen LogP contribution in [0.2, 0.25) is 5.02 Å². The highest BCUT2D eigenvalue weighted by atomic mass is 79.9. The minimum Gasteiger partial charge on any atom is -0.313 e. The second-order valence-corrected chi connectivity index (χ2v) is 7.14. The number of nitrogens with one attached hydrogen (secondary N) is 1. The van der Waals surface area contributed by atoms with Crippen LogP contribution in [0.4, 0.5) is 0 Å². The monoisotopic (exact) mass is 384 g/mol. The van der Waals surface area contributed by atoms with E-state index in [1.54, 1.807) is 0 Å². The average Bonchev–Trinajstić information content (AvgIpc) is 2.49. The number of aromatic nitrogens is 1. The molecule has 0 amide bonds. The predicted octanol–water partition coefficient (Wildman–Crippen LogP) is 4.81. The van der Waals surface area contributed by atoms with Crippen LogP contribution in [0.5, 0.6) is 0 Å². The van der Waals surface area contributed by atoms with Crippen LogP contribution < -0.4 is 5.32 Å². The highest BCUT2D eigenvalue weighted by Crippen LogP contribution is 2.22. The fourth-order valence-corrected chi connectivity index (χ4v) is 3.30. The van der Waals surface area contributed by atoms with Crippen molar-refractivity contribution in [1.29, 1.82) is 0 Å². The number of thioether (sulfide) groups is 1. The highest BCUT2D eigenvalue weighted by molar-refractivity contribution is 9.10. The summed E-state index contributed by atoms with van der Waals surface area (Å²) in [4.78, 5) is 5.70. The first-order valence-electron chi connectivity index (χ1n) is 6.89. The molecule has 112 valence electrons. The molecule has 0 saturated heterocycles. The van der Waals surface area contributed by atoms with E-state index in [2.05, 4.69) is 51.4 Å². The van der Waals surface area contributed by atoms with Gasteiger partial charge in [0.1, 0.15) is 0 Å². The van der Waals surface area contributed by atoms with Gasteiger partial charge in [-0.1, -0.05) is 18.5 Å². The van der Waals surface area contributed by atoms with Gasteiger partial charge in [-0.05, 0) is 58.9 Å². The lowest BCUT2D eigenvalue weighted by molar-refractivity contribution is 0.566. The molecule has 0 saturated carbocycles. The van der Waals surface area contributed by atoms with Crippen molar-refractivity contribution in [2.45, 2.75) is 24.3 Å². The van der Waals surface area contributed by atoms with Gasteiger partial charge in [-0.25, -0.2) is 0 Å². The molecular weight excluding hydrogens is 368 g/mol. The summed E-state index contributed by atoms with van der Waals surface area (Å²) in [6, 6.07) is 12.5. The summed E-state index contributed by atoms with van der Waals surface area (Å²) in [6.45, 7) is 3.09. The van der Waals surface area contributed by atoms with Crippen molar-refractivity contribution in [2.75, 3.05) is 12.3 Å². The van der Waals surface area contributed by atoms with E-state index in [0.29, 0.717) is 6.04 Å². The summed E-state index contributed by atoms with van der Waals surface area (Å²) >= 11 is 11.2. The highest BCUT2D eigenvalue weighted by Gasteiger charge is 2.10. The number of benzene rings is 1. The molecule has 2 aromatic rings. The third-order valence-electron chi connectivity index (χ3n) is 3.00. The number of hydrogen-bond donors (Lipinski definition) is 1. The van der Waals surface area contributed by atoms with Gasteiger partial charge in [0.2, 0.25) is 0 Å². The topological polar surface area (TPSA) is 24.9 Å². The summed E-state index contributed by atoms with van der Waals surface area (Å²) < 4.78 is 1.02. The summed E-state index contributed by atoms with van der Waals surface area (Å²) in [7, 11) is 0. The molecule has 1 atom stereocenters. The van der Waals surface area contributed by atoms with Crippen molar-refractivity contribution in [3.63, 3.8) is 0 Å². The molecule has 0 radical (unpaired) electrons. The van der Waals surface area contributed by atoms with Crippen LogP contribution in [0, 0.1) is 0 Å². The molecule has 1 aromatic carbocycles. The summed E-state index contributed by atoms with van der Waals surface area (Å²) in [6.07, 6.45) is 2.78. The van der Waals surface area contributed by atoms with E-state index in [4.69, 9.17) is 11.6 Å². The third-order valence-corrected chi connectivity index (χ3v) is 4.90. The van der Waals surface area contributed by atoms with Crippen molar-refractivity contribution in [3.05, 3.63) is 57.8 Å². The molecule has 5 heteroatoms. The Morgan fingerprint density at radius 1 is 1.24 bits per heavy atom. The van der Waals surface area contributed by atoms with E-state index in [1.807, 2.05) is 36.2 Å². The molecule has 0 fully saturated rings. The fraction of sp³-hybridized carbons (Fsp3) is 0.312. The minimum absolute atomic E-state index is 0.407. The Labute approximate surface area is 143 Å².